The highest BCUT2D eigenvalue weighted by molar-refractivity contribution is 5.83. The molecule has 0 aliphatic carbocycles. The lowest BCUT2D eigenvalue weighted by atomic mass is 10.1. The summed E-state index contributed by atoms with van der Waals surface area (Å²) in [5, 5.41) is 4.18. The van der Waals surface area contributed by atoms with Crippen molar-refractivity contribution >= 4 is 12.2 Å². The van der Waals surface area contributed by atoms with Crippen LogP contribution in [0, 0.1) is 0 Å². The van der Waals surface area contributed by atoms with Gasteiger partial charge in [0.05, 0.1) is 39.8 Å². The van der Waals surface area contributed by atoms with Gasteiger partial charge in [0.1, 0.15) is 5.75 Å². The molecule has 0 aliphatic rings. The molecule has 0 amide bonds. The van der Waals surface area contributed by atoms with Crippen molar-refractivity contribution in [2.24, 2.45) is 5.10 Å². The van der Waals surface area contributed by atoms with Crippen LogP contribution in [0.1, 0.15) is 18.9 Å². The number of nitrogens with zero attached hydrogens (tertiary/aromatic N) is 2. The van der Waals surface area contributed by atoms with Crippen LogP contribution in [0.5, 0.6) is 23.0 Å². The van der Waals surface area contributed by atoms with Gasteiger partial charge in [0.15, 0.2) is 11.5 Å². The fourth-order valence-corrected chi connectivity index (χ4v) is 2.91. The van der Waals surface area contributed by atoms with Crippen LogP contribution in [-0.4, -0.2) is 44.1 Å². The minimum Gasteiger partial charge on any atom is -0.497 e. The van der Waals surface area contributed by atoms with E-state index in [9.17, 15) is 4.79 Å². The van der Waals surface area contributed by atoms with Crippen LogP contribution in [0.4, 0.5) is 5.95 Å². The molecule has 2 N–H and O–H groups in total. The Kier molecular flexibility index (Phi) is 7.69. The maximum absolute atomic E-state index is 12.1. The lowest BCUT2D eigenvalue weighted by Gasteiger charge is -2.14. The molecular formula is C23H26N4O5. The van der Waals surface area contributed by atoms with Gasteiger partial charge in [-0.25, -0.2) is 10.4 Å². The second kappa shape index (κ2) is 10.9. The van der Waals surface area contributed by atoms with E-state index in [1.54, 1.807) is 51.8 Å². The van der Waals surface area contributed by atoms with Crippen LogP contribution in [0.15, 0.2) is 52.4 Å². The summed E-state index contributed by atoms with van der Waals surface area (Å²) in [6.45, 7) is 2.57. The van der Waals surface area contributed by atoms with Crippen molar-refractivity contribution in [3.05, 3.63) is 58.4 Å². The highest BCUT2D eigenvalue weighted by Crippen LogP contribution is 2.38. The Labute approximate surface area is 186 Å². The van der Waals surface area contributed by atoms with Crippen molar-refractivity contribution in [1.82, 2.24) is 9.97 Å². The predicted molar refractivity (Wildman–Crippen MR) is 123 cm³/mol. The molecule has 0 aliphatic heterocycles. The van der Waals surface area contributed by atoms with E-state index in [2.05, 4.69) is 20.5 Å². The molecule has 9 heteroatoms. The molecule has 0 radical (unpaired) electrons. The number of hydrazone groups is 1. The summed E-state index contributed by atoms with van der Waals surface area (Å²) in [5.74, 6) is 2.54. The Bertz CT molecular complexity index is 1100. The molecule has 3 rings (SSSR count). The number of hydrogen-bond acceptors (Lipinski definition) is 8. The highest BCUT2D eigenvalue weighted by Gasteiger charge is 2.13. The molecule has 168 valence electrons. The van der Waals surface area contributed by atoms with E-state index in [-0.39, 0.29) is 11.5 Å². The summed E-state index contributed by atoms with van der Waals surface area (Å²) in [6, 6.07) is 12.2. The number of ether oxygens (including phenoxy) is 4. The van der Waals surface area contributed by atoms with Gasteiger partial charge in [-0.3, -0.25) is 9.78 Å². The molecule has 3 aromatic rings. The lowest BCUT2D eigenvalue weighted by molar-refractivity contribution is 0.275. The van der Waals surface area contributed by atoms with E-state index < -0.39 is 0 Å². The van der Waals surface area contributed by atoms with Gasteiger partial charge in [-0.2, -0.15) is 5.10 Å². The van der Waals surface area contributed by atoms with Crippen LogP contribution in [-0.2, 0) is 0 Å². The smallest absolute Gasteiger partial charge is 0.252 e. The molecule has 9 nitrogen and oxygen atoms in total. The number of aromatic nitrogens is 2. The highest BCUT2D eigenvalue weighted by atomic mass is 16.5. The fourth-order valence-electron chi connectivity index (χ4n) is 2.91. The molecule has 0 atom stereocenters. The lowest BCUT2D eigenvalue weighted by Crippen LogP contribution is -2.10. The van der Waals surface area contributed by atoms with Crippen molar-refractivity contribution in [2.45, 2.75) is 13.3 Å². The van der Waals surface area contributed by atoms with Gasteiger partial charge in [0.25, 0.3) is 5.56 Å². The molecule has 0 unspecified atom stereocenters. The minimum absolute atomic E-state index is 0.210. The second-order valence-electron chi connectivity index (χ2n) is 6.68. The zero-order valence-corrected chi connectivity index (χ0v) is 18.5. The molecule has 0 spiro atoms. The van der Waals surface area contributed by atoms with E-state index in [0.717, 1.165) is 17.7 Å². The van der Waals surface area contributed by atoms with Gasteiger partial charge in [-0.15, -0.1) is 0 Å². The van der Waals surface area contributed by atoms with Crippen molar-refractivity contribution in [2.75, 3.05) is 33.4 Å². The Balaban J connectivity index is 1.81. The summed E-state index contributed by atoms with van der Waals surface area (Å²) < 4.78 is 21.8. The van der Waals surface area contributed by atoms with Gasteiger partial charge in [-0.05, 0) is 42.8 Å². The zero-order valence-electron chi connectivity index (χ0n) is 18.5. The largest absolute Gasteiger partial charge is 0.497 e. The van der Waals surface area contributed by atoms with Crippen LogP contribution < -0.4 is 29.9 Å². The average molecular weight is 438 g/mol. The molecular weight excluding hydrogens is 412 g/mol. The van der Waals surface area contributed by atoms with E-state index in [1.165, 1.54) is 6.07 Å². The minimum atomic E-state index is -0.302. The first-order chi connectivity index (χ1) is 15.6. The molecule has 0 saturated heterocycles. The Morgan fingerprint density at radius 2 is 1.72 bits per heavy atom. The molecule has 0 bridgehead atoms. The van der Waals surface area contributed by atoms with E-state index in [0.29, 0.717) is 35.1 Å². The maximum Gasteiger partial charge on any atom is 0.252 e. The van der Waals surface area contributed by atoms with Crippen molar-refractivity contribution < 1.29 is 18.9 Å². The van der Waals surface area contributed by atoms with Gasteiger partial charge in [0.2, 0.25) is 11.7 Å². The molecule has 2 aromatic carbocycles. The van der Waals surface area contributed by atoms with Crippen LogP contribution in [0.25, 0.3) is 11.3 Å². The number of nitrogens with one attached hydrogen (secondary N) is 2. The van der Waals surface area contributed by atoms with E-state index in [1.807, 2.05) is 19.1 Å². The molecule has 1 heterocycles. The Morgan fingerprint density at radius 3 is 2.31 bits per heavy atom. The van der Waals surface area contributed by atoms with Gasteiger partial charge < -0.3 is 18.9 Å². The first-order valence-corrected chi connectivity index (χ1v) is 10.0. The van der Waals surface area contributed by atoms with Crippen molar-refractivity contribution in [1.29, 1.82) is 0 Å². The molecule has 1 aromatic heterocycles. The standard InChI is InChI=1S/C23H26N4O5/c1-5-10-32-22-19(30-3)11-15(12-20(22)31-4)14-24-27-23-25-18(13-21(28)26-23)16-6-8-17(29-2)9-7-16/h6-9,11-14H,5,10H2,1-4H3,(H2,25,26,27,28)/b24-14-. The van der Waals surface area contributed by atoms with Gasteiger partial charge in [-0.1, -0.05) is 6.92 Å². The number of benzene rings is 2. The molecule has 32 heavy (non-hydrogen) atoms. The zero-order chi connectivity index (χ0) is 22.9. The average Bonchev–Trinajstić information content (AvgIpc) is 2.82. The van der Waals surface area contributed by atoms with Crippen LogP contribution >= 0.6 is 0 Å². The normalized spacial score (nSPS) is 10.8. The monoisotopic (exact) mass is 438 g/mol. The Morgan fingerprint density at radius 1 is 1.03 bits per heavy atom. The first-order valence-electron chi connectivity index (χ1n) is 10.0. The number of hydrogen-bond donors (Lipinski definition) is 2. The number of methoxy groups -OCH3 is 3. The summed E-state index contributed by atoms with van der Waals surface area (Å²) in [7, 11) is 4.72. The fraction of sp³-hybridized carbons (Fsp3) is 0.261. The molecule has 0 fully saturated rings. The van der Waals surface area contributed by atoms with E-state index in [4.69, 9.17) is 18.9 Å². The number of H-pyrrole nitrogens is 1. The van der Waals surface area contributed by atoms with Crippen molar-refractivity contribution in [3.8, 4) is 34.3 Å². The van der Waals surface area contributed by atoms with Crippen LogP contribution in [0.2, 0.25) is 0 Å². The third-order valence-electron chi connectivity index (χ3n) is 4.44. The maximum atomic E-state index is 12.1. The summed E-state index contributed by atoms with van der Waals surface area (Å²) in [5.41, 5.74) is 4.45. The third kappa shape index (κ3) is 5.57. The topological polar surface area (TPSA) is 107 Å². The quantitative estimate of drug-likeness (QED) is 0.367. The summed E-state index contributed by atoms with van der Waals surface area (Å²) in [4.78, 5) is 19.1. The number of aromatic amines is 1. The third-order valence-corrected chi connectivity index (χ3v) is 4.44. The van der Waals surface area contributed by atoms with Crippen molar-refractivity contribution in [3.63, 3.8) is 0 Å². The summed E-state index contributed by atoms with van der Waals surface area (Å²) in [6.07, 6.45) is 2.43. The summed E-state index contributed by atoms with van der Waals surface area (Å²) >= 11 is 0. The van der Waals surface area contributed by atoms with Gasteiger partial charge in [0, 0.05) is 17.2 Å². The molecule has 0 saturated carbocycles. The predicted octanol–water partition coefficient (Wildman–Crippen LogP) is 3.70. The Hall–Kier alpha value is -4.01. The van der Waals surface area contributed by atoms with E-state index >= 15 is 0 Å². The van der Waals surface area contributed by atoms with Gasteiger partial charge >= 0.3 is 0 Å². The SMILES string of the molecule is CCCOc1c(OC)cc(/C=N\Nc2nc(-c3ccc(OC)cc3)cc(=O)[nH]2)cc1OC. The number of rotatable bonds is 10. The second-order valence-corrected chi connectivity index (χ2v) is 6.68. The van der Waals surface area contributed by atoms with Crippen LogP contribution in [0.3, 0.4) is 0 Å². The number of anilines is 1. The first kappa shape index (κ1) is 22.7.